The molecule has 0 aromatic heterocycles. The smallest absolute Gasteiger partial charge is 0.220 e. The van der Waals surface area contributed by atoms with Crippen molar-refractivity contribution in [1.29, 1.82) is 0 Å². The molecular weight excluding hydrogens is 359 g/mol. The molecule has 1 unspecified atom stereocenters. The summed E-state index contributed by atoms with van der Waals surface area (Å²) in [6, 6.07) is 4.98. The van der Waals surface area contributed by atoms with Crippen molar-refractivity contribution in [1.82, 2.24) is 10.6 Å². The summed E-state index contributed by atoms with van der Waals surface area (Å²) in [6.07, 6.45) is 7.14. The first-order valence-corrected chi connectivity index (χ1v) is 10.4. The molecule has 0 bridgehead atoms. The third-order valence-electron chi connectivity index (χ3n) is 6.43. The van der Waals surface area contributed by atoms with Crippen LogP contribution in [-0.4, -0.2) is 30.5 Å². The van der Waals surface area contributed by atoms with E-state index in [0.717, 1.165) is 0 Å². The lowest BCUT2D eigenvalue weighted by atomic mass is 9.84. The number of rotatable bonds is 9. The topological polar surface area (TPSA) is 67.4 Å². The molecule has 6 heteroatoms. The molecule has 1 atom stereocenters. The average Bonchev–Trinajstić information content (AvgIpc) is 3.59. The standard InChI is InChI=1S/C22H29FN2O3/c1-28-17-6-7-18(23)16(12-17)13-22(11-9-20(27)25-22)10-8-19(26)24-21(14-2-3-14)15-4-5-15/h6-7,12,14-15,21H,2-5,8-11,13H2,1H3,(H,24,26)(H,25,27). The number of methoxy groups -OCH3 is 1. The zero-order valence-corrected chi connectivity index (χ0v) is 16.4. The fraction of sp³-hybridized carbons (Fsp3) is 0.636. The first-order chi connectivity index (χ1) is 13.5. The maximum Gasteiger partial charge on any atom is 0.220 e. The van der Waals surface area contributed by atoms with Crippen LogP contribution in [0.1, 0.15) is 56.9 Å². The van der Waals surface area contributed by atoms with Crippen LogP contribution in [0.4, 0.5) is 4.39 Å². The maximum absolute atomic E-state index is 14.3. The van der Waals surface area contributed by atoms with E-state index in [0.29, 0.717) is 61.3 Å². The van der Waals surface area contributed by atoms with Crippen LogP contribution >= 0.6 is 0 Å². The van der Waals surface area contributed by atoms with Gasteiger partial charge in [0.25, 0.3) is 0 Å². The molecule has 1 aromatic carbocycles. The highest BCUT2D eigenvalue weighted by Gasteiger charge is 2.43. The molecule has 2 aliphatic carbocycles. The summed E-state index contributed by atoms with van der Waals surface area (Å²) in [6.45, 7) is 0. The van der Waals surface area contributed by atoms with E-state index < -0.39 is 5.54 Å². The second-order valence-electron chi connectivity index (χ2n) is 8.73. The van der Waals surface area contributed by atoms with Gasteiger partial charge in [-0.1, -0.05) is 0 Å². The van der Waals surface area contributed by atoms with Crippen LogP contribution in [0.25, 0.3) is 0 Å². The van der Waals surface area contributed by atoms with E-state index in [2.05, 4.69) is 10.6 Å². The van der Waals surface area contributed by atoms with Crippen molar-refractivity contribution in [2.45, 2.75) is 69.4 Å². The van der Waals surface area contributed by atoms with Gasteiger partial charge >= 0.3 is 0 Å². The molecule has 4 rings (SSSR count). The largest absolute Gasteiger partial charge is 0.497 e. The summed E-state index contributed by atoms with van der Waals surface area (Å²) < 4.78 is 19.6. The Balaban J connectivity index is 1.41. The number of ether oxygens (including phenoxy) is 1. The molecule has 1 saturated heterocycles. The zero-order chi connectivity index (χ0) is 19.7. The molecule has 3 fully saturated rings. The van der Waals surface area contributed by atoms with Crippen LogP contribution in [0.15, 0.2) is 18.2 Å². The summed E-state index contributed by atoms with van der Waals surface area (Å²) in [5.41, 5.74) is -0.0631. The lowest BCUT2D eigenvalue weighted by Gasteiger charge is -2.30. The van der Waals surface area contributed by atoms with Gasteiger partial charge in [-0.05, 0) is 80.5 Å². The van der Waals surface area contributed by atoms with Crippen molar-refractivity contribution in [3.63, 3.8) is 0 Å². The van der Waals surface area contributed by atoms with Gasteiger partial charge < -0.3 is 15.4 Å². The molecule has 2 saturated carbocycles. The maximum atomic E-state index is 14.3. The Kier molecular flexibility index (Phi) is 5.30. The molecule has 0 radical (unpaired) electrons. The monoisotopic (exact) mass is 388 g/mol. The number of benzene rings is 1. The lowest BCUT2D eigenvalue weighted by Crippen LogP contribution is -2.45. The molecule has 3 aliphatic rings. The highest BCUT2D eigenvalue weighted by Crippen LogP contribution is 2.44. The van der Waals surface area contributed by atoms with E-state index >= 15 is 0 Å². The van der Waals surface area contributed by atoms with Gasteiger partial charge in [0.2, 0.25) is 11.8 Å². The number of halogens is 1. The Bertz CT molecular complexity index is 748. The summed E-state index contributed by atoms with van der Waals surface area (Å²) >= 11 is 0. The van der Waals surface area contributed by atoms with Crippen LogP contribution in [0.3, 0.4) is 0 Å². The SMILES string of the molecule is COc1ccc(F)c(CC2(CCC(=O)NC(C3CC3)C3CC3)CCC(=O)N2)c1. The van der Waals surface area contributed by atoms with E-state index in [1.165, 1.54) is 31.7 Å². The van der Waals surface area contributed by atoms with Crippen LogP contribution in [0.2, 0.25) is 0 Å². The molecule has 28 heavy (non-hydrogen) atoms. The Morgan fingerprint density at radius 3 is 2.61 bits per heavy atom. The minimum absolute atomic E-state index is 0.0300. The quantitative estimate of drug-likeness (QED) is 0.683. The van der Waals surface area contributed by atoms with Gasteiger partial charge in [-0.2, -0.15) is 0 Å². The summed E-state index contributed by atoms with van der Waals surface area (Å²) in [5, 5.41) is 6.27. The minimum atomic E-state index is -0.573. The molecule has 2 N–H and O–H groups in total. The van der Waals surface area contributed by atoms with E-state index in [9.17, 15) is 14.0 Å². The lowest BCUT2D eigenvalue weighted by molar-refractivity contribution is -0.123. The number of carbonyl (C=O) groups excluding carboxylic acids is 2. The van der Waals surface area contributed by atoms with Crippen LogP contribution in [0, 0.1) is 17.7 Å². The fourth-order valence-corrected chi connectivity index (χ4v) is 4.50. The number of amides is 2. The molecular formula is C22H29FN2O3. The van der Waals surface area contributed by atoms with E-state index in [1.807, 2.05) is 0 Å². The van der Waals surface area contributed by atoms with Gasteiger partial charge in [0, 0.05) is 24.4 Å². The van der Waals surface area contributed by atoms with Crippen molar-refractivity contribution >= 4 is 11.8 Å². The van der Waals surface area contributed by atoms with Crippen LogP contribution < -0.4 is 15.4 Å². The normalized spacial score (nSPS) is 24.3. The predicted molar refractivity (Wildman–Crippen MR) is 103 cm³/mol. The van der Waals surface area contributed by atoms with Gasteiger partial charge in [0.05, 0.1) is 7.11 Å². The molecule has 152 valence electrons. The third kappa shape index (κ3) is 4.47. The summed E-state index contributed by atoms with van der Waals surface area (Å²) in [5.74, 6) is 1.61. The number of carbonyl (C=O) groups is 2. The fourth-order valence-electron chi connectivity index (χ4n) is 4.50. The molecule has 1 aromatic rings. The molecule has 1 heterocycles. The van der Waals surface area contributed by atoms with Crippen molar-refractivity contribution in [2.24, 2.45) is 11.8 Å². The Hall–Kier alpha value is -2.11. The second-order valence-corrected chi connectivity index (χ2v) is 8.73. The van der Waals surface area contributed by atoms with E-state index in [1.54, 1.807) is 19.2 Å². The molecule has 5 nitrogen and oxygen atoms in total. The average molecular weight is 388 g/mol. The molecule has 2 amide bonds. The molecule has 0 spiro atoms. The summed E-state index contributed by atoms with van der Waals surface area (Å²) in [4.78, 5) is 24.5. The van der Waals surface area contributed by atoms with E-state index in [4.69, 9.17) is 4.74 Å². The van der Waals surface area contributed by atoms with Crippen molar-refractivity contribution in [2.75, 3.05) is 7.11 Å². The minimum Gasteiger partial charge on any atom is -0.497 e. The van der Waals surface area contributed by atoms with Gasteiger partial charge in [0.15, 0.2) is 0 Å². The second kappa shape index (κ2) is 7.72. The summed E-state index contributed by atoms with van der Waals surface area (Å²) in [7, 11) is 1.55. The van der Waals surface area contributed by atoms with Crippen LogP contribution in [0.5, 0.6) is 5.75 Å². The first kappa shape index (κ1) is 19.2. The zero-order valence-electron chi connectivity index (χ0n) is 16.4. The first-order valence-electron chi connectivity index (χ1n) is 10.4. The van der Waals surface area contributed by atoms with Crippen molar-refractivity contribution in [3.8, 4) is 5.75 Å². The Morgan fingerprint density at radius 1 is 1.32 bits per heavy atom. The van der Waals surface area contributed by atoms with Gasteiger partial charge in [-0.15, -0.1) is 0 Å². The predicted octanol–water partition coefficient (Wildman–Crippen LogP) is 3.11. The Labute approximate surface area is 165 Å². The van der Waals surface area contributed by atoms with Gasteiger partial charge in [-0.3, -0.25) is 9.59 Å². The number of hydrogen-bond acceptors (Lipinski definition) is 3. The van der Waals surface area contributed by atoms with E-state index in [-0.39, 0.29) is 17.6 Å². The van der Waals surface area contributed by atoms with Gasteiger partial charge in [-0.25, -0.2) is 4.39 Å². The third-order valence-corrected chi connectivity index (χ3v) is 6.43. The highest BCUT2D eigenvalue weighted by atomic mass is 19.1. The molecule has 1 aliphatic heterocycles. The number of nitrogens with one attached hydrogen (secondary N) is 2. The van der Waals surface area contributed by atoms with Gasteiger partial charge in [0.1, 0.15) is 11.6 Å². The van der Waals surface area contributed by atoms with Crippen LogP contribution in [-0.2, 0) is 16.0 Å². The van der Waals surface area contributed by atoms with Crippen molar-refractivity contribution in [3.05, 3.63) is 29.6 Å². The Morgan fingerprint density at radius 2 is 2.04 bits per heavy atom. The number of hydrogen-bond donors (Lipinski definition) is 2. The van der Waals surface area contributed by atoms with Crippen molar-refractivity contribution < 1.29 is 18.7 Å². The highest BCUT2D eigenvalue weighted by molar-refractivity contribution is 5.80.